The quantitative estimate of drug-likeness (QED) is 0.871. The van der Waals surface area contributed by atoms with Crippen molar-refractivity contribution in [1.29, 1.82) is 0 Å². The van der Waals surface area contributed by atoms with E-state index in [1.54, 1.807) is 13.1 Å². The predicted octanol–water partition coefficient (Wildman–Crippen LogP) is 1.32. The van der Waals surface area contributed by atoms with Gasteiger partial charge in [-0.3, -0.25) is 9.59 Å². The molecule has 0 saturated carbocycles. The van der Waals surface area contributed by atoms with Crippen molar-refractivity contribution in [2.24, 2.45) is 11.7 Å². The van der Waals surface area contributed by atoms with Gasteiger partial charge in [0.05, 0.1) is 18.1 Å². The van der Waals surface area contributed by atoms with Crippen molar-refractivity contribution in [2.45, 2.75) is 32.9 Å². The molecule has 2 rings (SSSR count). The zero-order chi connectivity index (χ0) is 15.6. The first-order chi connectivity index (χ1) is 9.88. The number of hydrogen-bond donors (Lipinski definition) is 2. The van der Waals surface area contributed by atoms with E-state index in [1.807, 2.05) is 19.2 Å². The molecule has 6 nitrogen and oxygen atoms in total. The molecule has 0 aliphatic carbocycles. The first kappa shape index (κ1) is 15.7. The van der Waals surface area contributed by atoms with E-state index in [-0.39, 0.29) is 18.0 Å². The summed E-state index contributed by atoms with van der Waals surface area (Å²) < 4.78 is 0.601. The molecule has 2 aromatic heterocycles. The van der Waals surface area contributed by atoms with Gasteiger partial charge in [0.25, 0.3) is 5.56 Å². The summed E-state index contributed by atoms with van der Waals surface area (Å²) in [5.41, 5.74) is 6.38. The lowest BCUT2D eigenvalue weighted by atomic mass is 10.0. The van der Waals surface area contributed by atoms with Crippen LogP contribution < -0.4 is 11.3 Å². The topological polar surface area (TPSA) is 92.1 Å². The summed E-state index contributed by atoms with van der Waals surface area (Å²) >= 11 is 1.35. The molecule has 7 heteroatoms. The molecule has 0 bridgehead atoms. The molecule has 2 heterocycles. The third kappa shape index (κ3) is 3.68. The van der Waals surface area contributed by atoms with Gasteiger partial charge in [-0.05, 0) is 23.8 Å². The SMILES string of the molecule is CC(C)CC(N)C(=O)N(C)Cc1nc2ccsc2c(=O)[nH]1. The van der Waals surface area contributed by atoms with Crippen LogP contribution in [0.5, 0.6) is 0 Å². The maximum absolute atomic E-state index is 12.2. The van der Waals surface area contributed by atoms with E-state index in [9.17, 15) is 9.59 Å². The Morgan fingerprint density at radius 3 is 2.90 bits per heavy atom. The van der Waals surface area contributed by atoms with Crippen molar-refractivity contribution in [3.63, 3.8) is 0 Å². The Kier molecular flexibility index (Phi) is 4.74. The summed E-state index contributed by atoms with van der Waals surface area (Å²) in [7, 11) is 1.67. The summed E-state index contributed by atoms with van der Waals surface area (Å²) in [6.45, 7) is 4.29. The smallest absolute Gasteiger partial charge is 0.268 e. The highest BCUT2D eigenvalue weighted by molar-refractivity contribution is 7.17. The van der Waals surface area contributed by atoms with Crippen LogP contribution in [0.4, 0.5) is 0 Å². The number of aromatic nitrogens is 2. The van der Waals surface area contributed by atoms with Gasteiger partial charge in [0.15, 0.2) is 0 Å². The average molecular weight is 308 g/mol. The highest BCUT2D eigenvalue weighted by Gasteiger charge is 2.20. The van der Waals surface area contributed by atoms with Crippen molar-refractivity contribution in [3.05, 3.63) is 27.6 Å². The third-order valence-electron chi connectivity index (χ3n) is 3.17. The summed E-state index contributed by atoms with van der Waals surface area (Å²) in [5.74, 6) is 0.688. The van der Waals surface area contributed by atoms with Gasteiger partial charge in [0.1, 0.15) is 10.5 Å². The minimum absolute atomic E-state index is 0.142. The van der Waals surface area contributed by atoms with Gasteiger partial charge in [0, 0.05) is 7.05 Å². The summed E-state index contributed by atoms with van der Waals surface area (Å²) in [4.78, 5) is 32.6. The Labute approximate surface area is 127 Å². The molecule has 2 aromatic rings. The second kappa shape index (κ2) is 6.36. The molecule has 1 unspecified atom stereocenters. The Balaban J connectivity index is 2.12. The largest absolute Gasteiger partial charge is 0.337 e. The van der Waals surface area contributed by atoms with Crippen LogP contribution in [0.1, 0.15) is 26.1 Å². The van der Waals surface area contributed by atoms with Crippen LogP contribution >= 0.6 is 11.3 Å². The number of carbonyl (C=O) groups is 1. The molecule has 0 aromatic carbocycles. The van der Waals surface area contributed by atoms with Gasteiger partial charge >= 0.3 is 0 Å². The van der Waals surface area contributed by atoms with Crippen LogP contribution in [-0.4, -0.2) is 33.9 Å². The summed E-state index contributed by atoms with van der Waals surface area (Å²) in [6.07, 6.45) is 0.636. The van der Waals surface area contributed by atoms with E-state index in [1.165, 1.54) is 16.2 Å². The number of hydrogen-bond acceptors (Lipinski definition) is 5. The number of nitrogens with one attached hydrogen (secondary N) is 1. The van der Waals surface area contributed by atoms with Crippen LogP contribution in [0.25, 0.3) is 10.2 Å². The number of likely N-dealkylation sites (N-methyl/N-ethyl adjacent to an activating group) is 1. The van der Waals surface area contributed by atoms with Crippen LogP contribution in [0.3, 0.4) is 0 Å². The number of carbonyl (C=O) groups excluding carboxylic acids is 1. The van der Waals surface area contributed by atoms with Gasteiger partial charge in [-0.15, -0.1) is 11.3 Å². The Bertz CT molecular complexity index is 692. The van der Waals surface area contributed by atoms with Crippen LogP contribution in [0.2, 0.25) is 0 Å². The molecule has 0 radical (unpaired) electrons. The van der Waals surface area contributed by atoms with Gasteiger partial charge in [-0.1, -0.05) is 13.8 Å². The fourth-order valence-corrected chi connectivity index (χ4v) is 2.92. The highest BCUT2D eigenvalue weighted by Crippen LogP contribution is 2.14. The molecule has 1 atom stereocenters. The zero-order valence-electron chi connectivity index (χ0n) is 12.4. The van der Waals surface area contributed by atoms with Crippen LogP contribution in [-0.2, 0) is 11.3 Å². The fraction of sp³-hybridized carbons (Fsp3) is 0.500. The fourth-order valence-electron chi connectivity index (χ4n) is 2.19. The summed E-state index contributed by atoms with van der Waals surface area (Å²) in [6, 6.07) is 1.28. The molecular formula is C14H20N4O2S. The first-order valence-electron chi connectivity index (χ1n) is 6.85. The normalized spacial score (nSPS) is 12.8. The number of nitrogens with zero attached hydrogens (tertiary/aromatic N) is 2. The van der Waals surface area contributed by atoms with Gasteiger partial charge < -0.3 is 15.6 Å². The minimum atomic E-state index is -0.522. The van der Waals surface area contributed by atoms with Gasteiger partial charge in [-0.2, -0.15) is 0 Å². The lowest BCUT2D eigenvalue weighted by molar-refractivity contribution is -0.132. The molecule has 0 saturated heterocycles. The number of H-pyrrole nitrogens is 1. The third-order valence-corrected chi connectivity index (χ3v) is 4.07. The van der Waals surface area contributed by atoms with Crippen LogP contribution in [0, 0.1) is 5.92 Å². The molecule has 1 amide bonds. The lowest BCUT2D eigenvalue weighted by Crippen LogP contribution is -2.42. The maximum Gasteiger partial charge on any atom is 0.268 e. The number of amides is 1. The van der Waals surface area contributed by atoms with E-state index >= 15 is 0 Å². The molecule has 21 heavy (non-hydrogen) atoms. The monoisotopic (exact) mass is 308 g/mol. The molecular weight excluding hydrogens is 288 g/mol. The van der Waals surface area contributed by atoms with Crippen molar-refractivity contribution in [3.8, 4) is 0 Å². The lowest BCUT2D eigenvalue weighted by Gasteiger charge is -2.21. The maximum atomic E-state index is 12.2. The Morgan fingerprint density at radius 1 is 1.52 bits per heavy atom. The first-order valence-corrected chi connectivity index (χ1v) is 7.73. The van der Waals surface area contributed by atoms with Crippen molar-refractivity contribution in [1.82, 2.24) is 14.9 Å². The molecule has 0 aliphatic heterocycles. The van der Waals surface area contributed by atoms with E-state index in [4.69, 9.17) is 5.73 Å². The zero-order valence-corrected chi connectivity index (χ0v) is 13.2. The second-order valence-corrected chi connectivity index (χ2v) is 6.49. The predicted molar refractivity (Wildman–Crippen MR) is 84.1 cm³/mol. The van der Waals surface area contributed by atoms with E-state index in [0.717, 1.165) is 0 Å². The molecule has 114 valence electrons. The number of fused-ring (bicyclic) bond motifs is 1. The van der Waals surface area contributed by atoms with Gasteiger partial charge in [0.2, 0.25) is 5.91 Å². The second-order valence-electron chi connectivity index (χ2n) is 5.58. The minimum Gasteiger partial charge on any atom is -0.337 e. The Morgan fingerprint density at radius 2 is 2.24 bits per heavy atom. The average Bonchev–Trinajstić information content (AvgIpc) is 2.85. The molecule has 0 spiro atoms. The number of aromatic amines is 1. The van der Waals surface area contributed by atoms with Crippen molar-refractivity contribution >= 4 is 27.5 Å². The van der Waals surface area contributed by atoms with Crippen molar-refractivity contribution < 1.29 is 4.79 Å². The number of nitrogens with two attached hydrogens (primary N) is 1. The highest BCUT2D eigenvalue weighted by atomic mass is 32.1. The van der Waals surface area contributed by atoms with E-state index in [0.29, 0.717) is 28.4 Å². The number of thiophene rings is 1. The molecule has 0 aliphatic rings. The Hall–Kier alpha value is -1.73. The van der Waals surface area contributed by atoms with Crippen LogP contribution in [0.15, 0.2) is 16.2 Å². The van der Waals surface area contributed by atoms with Gasteiger partial charge in [-0.25, -0.2) is 4.98 Å². The number of rotatable bonds is 5. The molecule has 0 fully saturated rings. The standard InChI is InChI=1S/C14H20N4O2S/c1-8(2)6-9(15)14(20)18(3)7-11-16-10-4-5-21-12(10)13(19)17-11/h4-5,8-9H,6-7,15H2,1-3H3,(H,16,17,19). The van der Waals surface area contributed by atoms with Crippen molar-refractivity contribution in [2.75, 3.05) is 7.05 Å². The van der Waals surface area contributed by atoms with E-state index in [2.05, 4.69) is 9.97 Å². The molecule has 3 N–H and O–H groups in total. The van der Waals surface area contributed by atoms with E-state index < -0.39 is 6.04 Å². The summed E-state index contributed by atoms with van der Waals surface area (Å²) in [5, 5.41) is 1.82.